The summed E-state index contributed by atoms with van der Waals surface area (Å²) in [5, 5.41) is 0. The highest BCUT2D eigenvalue weighted by Crippen LogP contribution is 2.23. The van der Waals surface area contributed by atoms with Crippen LogP contribution in [-0.2, 0) is 16.0 Å². The van der Waals surface area contributed by atoms with E-state index >= 15 is 0 Å². The molecule has 2 heteroatoms. The molecule has 2 aromatic carbocycles. The molecule has 0 bridgehead atoms. The van der Waals surface area contributed by atoms with Crippen LogP contribution in [0.4, 0.5) is 0 Å². The molecule has 2 nitrogen and oxygen atoms in total. The molecular formula is C21H26O2. The Bertz CT molecular complexity index is 614. The van der Waals surface area contributed by atoms with Crippen molar-refractivity contribution in [1.82, 2.24) is 0 Å². The fraction of sp³-hybridized carbons (Fsp3) is 0.381. The molecular weight excluding hydrogens is 284 g/mol. The third-order valence-electron chi connectivity index (χ3n) is 4.04. The minimum atomic E-state index is -0.255. The Balaban J connectivity index is 1.99. The van der Waals surface area contributed by atoms with Crippen molar-refractivity contribution in [2.45, 2.75) is 46.1 Å². The molecule has 2 rings (SSSR count). The monoisotopic (exact) mass is 310 g/mol. The summed E-state index contributed by atoms with van der Waals surface area (Å²) in [5.74, 6) is 0.196. The lowest BCUT2D eigenvalue weighted by atomic mass is 9.97. The third kappa shape index (κ3) is 4.95. The van der Waals surface area contributed by atoms with Crippen molar-refractivity contribution in [3.8, 4) is 0 Å². The zero-order valence-corrected chi connectivity index (χ0v) is 14.5. The number of esters is 1. The number of hydrogen-bond acceptors (Lipinski definition) is 2. The first-order chi connectivity index (χ1) is 11.0. The van der Waals surface area contributed by atoms with Crippen LogP contribution >= 0.6 is 0 Å². The Morgan fingerprint density at radius 3 is 2.04 bits per heavy atom. The van der Waals surface area contributed by atoms with Gasteiger partial charge in [-0.15, -0.1) is 0 Å². The summed E-state index contributed by atoms with van der Waals surface area (Å²) in [7, 11) is 0. The maximum Gasteiger partial charge on any atom is 0.313 e. The maximum absolute atomic E-state index is 12.4. The Kier molecular flexibility index (Phi) is 5.97. The molecule has 0 spiro atoms. The van der Waals surface area contributed by atoms with E-state index in [9.17, 15) is 4.79 Å². The first-order valence-corrected chi connectivity index (χ1v) is 8.31. The fourth-order valence-electron chi connectivity index (χ4n) is 2.62. The number of ether oxygens (including phenoxy) is 1. The lowest BCUT2D eigenvalue weighted by Gasteiger charge is -2.17. The van der Waals surface area contributed by atoms with Crippen LogP contribution < -0.4 is 0 Å². The first-order valence-electron chi connectivity index (χ1n) is 8.31. The zero-order chi connectivity index (χ0) is 16.8. The average molecular weight is 310 g/mol. The molecule has 0 aliphatic rings. The molecule has 122 valence electrons. The van der Waals surface area contributed by atoms with Crippen LogP contribution in [0, 0.1) is 5.92 Å². The van der Waals surface area contributed by atoms with Gasteiger partial charge in [0, 0.05) is 0 Å². The highest BCUT2D eigenvalue weighted by molar-refractivity contribution is 5.77. The predicted molar refractivity (Wildman–Crippen MR) is 94.3 cm³/mol. The summed E-state index contributed by atoms with van der Waals surface area (Å²) >= 11 is 0. The second-order valence-electron chi connectivity index (χ2n) is 6.55. The van der Waals surface area contributed by atoms with E-state index in [1.807, 2.05) is 56.3 Å². The van der Waals surface area contributed by atoms with Gasteiger partial charge < -0.3 is 4.74 Å². The molecule has 0 amide bonds. The van der Waals surface area contributed by atoms with Crippen molar-refractivity contribution in [3.05, 3.63) is 71.3 Å². The van der Waals surface area contributed by atoms with Gasteiger partial charge in [0.15, 0.2) is 0 Å². The summed E-state index contributed by atoms with van der Waals surface area (Å²) in [6, 6.07) is 18.1. The van der Waals surface area contributed by atoms with E-state index in [0.29, 0.717) is 5.92 Å². The van der Waals surface area contributed by atoms with Gasteiger partial charge in [-0.3, -0.25) is 4.79 Å². The summed E-state index contributed by atoms with van der Waals surface area (Å²) in [6.45, 7) is 8.22. The number of carbonyl (C=O) groups excluding carboxylic acids is 1. The number of hydrogen-bond donors (Lipinski definition) is 0. The van der Waals surface area contributed by atoms with Gasteiger partial charge in [0.2, 0.25) is 0 Å². The lowest BCUT2D eigenvalue weighted by Crippen LogP contribution is -2.15. The molecule has 0 radical (unpaired) electrons. The van der Waals surface area contributed by atoms with Crippen molar-refractivity contribution in [2.75, 3.05) is 0 Å². The van der Waals surface area contributed by atoms with Crippen LogP contribution in [0.1, 0.15) is 56.4 Å². The SMILES string of the molecule is CC(C)Cc1ccc([C@H](C)C(=O)O[C@@H](C)c2ccccc2)cc1. The van der Waals surface area contributed by atoms with Crippen LogP contribution in [0.25, 0.3) is 0 Å². The van der Waals surface area contributed by atoms with Crippen molar-refractivity contribution in [1.29, 1.82) is 0 Å². The maximum atomic E-state index is 12.4. The summed E-state index contributed by atoms with van der Waals surface area (Å²) < 4.78 is 5.61. The highest BCUT2D eigenvalue weighted by atomic mass is 16.5. The normalized spacial score (nSPS) is 13.6. The van der Waals surface area contributed by atoms with Crippen LogP contribution in [0.2, 0.25) is 0 Å². The molecule has 0 heterocycles. The molecule has 0 saturated carbocycles. The summed E-state index contributed by atoms with van der Waals surface area (Å²) in [4.78, 5) is 12.4. The van der Waals surface area contributed by atoms with E-state index in [0.717, 1.165) is 17.5 Å². The smallest absolute Gasteiger partial charge is 0.313 e. The summed E-state index contributed by atoms with van der Waals surface area (Å²) in [5.41, 5.74) is 3.32. The molecule has 2 atom stereocenters. The van der Waals surface area contributed by atoms with E-state index in [4.69, 9.17) is 4.74 Å². The van der Waals surface area contributed by atoms with Crippen molar-refractivity contribution < 1.29 is 9.53 Å². The van der Waals surface area contributed by atoms with Crippen LogP contribution in [0.3, 0.4) is 0 Å². The van der Waals surface area contributed by atoms with Gasteiger partial charge in [-0.05, 0) is 42.9 Å². The predicted octanol–water partition coefficient (Wildman–Crippen LogP) is 5.29. The second kappa shape index (κ2) is 7.96. The van der Waals surface area contributed by atoms with Gasteiger partial charge >= 0.3 is 5.97 Å². The molecule has 23 heavy (non-hydrogen) atoms. The first kappa shape index (κ1) is 17.3. The Morgan fingerprint density at radius 1 is 0.870 bits per heavy atom. The summed E-state index contributed by atoms with van der Waals surface area (Å²) in [6.07, 6.45) is 0.829. The van der Waals surface area contributed by atoms with E-state index in [1.54, 1.807) is 0 Å². The molecule has 0 fully saturated rings. The number of carbonyl (C=O) groups is 1. The minimum absolute atomic E-state index is 0.182. The minimum Gasteiger partial charge on any atom is -0.457 e. The Hall–Kier alpha value is -2.09. The van der Waals surface area contributed by atoms with Crippen LogP contribution in [-0.4, -0.2) is 5.97 Å². The number of benzene rings is 2. The van der Waals surface area contributed by atoms with Crippen molar-refractivity contribution in [2.24, 2.45) is 5.92 Å². The van der Waals surface area contributed by atoms with Gasteiger partial charge in [0.05, 0.1) is 5.92 Å². The van der Waals surface area contributed by atoms with Gasteiger partial charge in [-0.2, -0.15) is 0 Å². The quantitative estimate of drug-likeness (QED) is 0.677. The standard InChI is InChI=1S/C21H26O2/c1-15(2)14-18-10-12-19(13-11-18)16(3)21(22)23-17(4)20-8-6-5-7-9-20/h5-13,15-17H,14H2,1-4H3/t16-,17-/m0/s1. The topological polar surface area (TPSA) is 26.3 Å². The van der Waals surface area contributed by atoms with Gasteiger partial charge in [0.1, 0.15) is 6.10 Å². The van der Waals surface area contributed by atoms with Gasteiger partial charge in [-0.1, -0.05) is 68.4 Å². The average Bonchev–Trinajstić information content (AvgIpc) is 2.55. The largest absolute Gasteiger partial charge is 0.457 e. The van der Waals surface area contributed by atoms with Crippen molar-refractivity contribution >= 4 is 5.97 Å². The Labute approximate surface area is 139 Å². The molecule has 0 aromatic heterocycles. The Morgan fingerprint density at radius 2 is 1.48 bits per heavy atom. The molecule has 0 saturated heterocycles. The van der Waals surface area contributed by atoms with E-state index in [-0.39, 0.29) is 18.0 Å². The van der Waals surface area contributed by atoms with E-state index in [2.05, 4.69) is 26.0 Å². The lowest BCUT2D eigenvalue weighted by molar-refractivity contribution is -0.150. The van der Waals surface area contributed by atoms with E-state index < -0.39 is 0 Å². The number of rotatable bonds is 6. The molecule has 0 unspecified atom stereocenters. The third-order valence-corrected chi connectivity index (χ3v) is 4.04. The molecule has 0 N–H and O–H groups in total. The van der Waals surface area contributed by atoms with Gasteiger partial charge in [0.25, 0.3) is 0 Å². The van der Waals surface area contributed by atoms with Crippen LogP contribution in [0.5, 0.6) is 0 Å². The van der Waals surface area contributed by atoms with Crippen LogP contribution in [0.15, 0.2) is 54.6 Å². The second-order valence-corrected chi connectivity index (χ2v) is 6.55. The van der Waals surface area contributed by atoms with Gasteiger partial charge in [-0.25, -0.2) is 0 Å². The molecule has 0 aliphatic heterocycles. The van der Waals surface area contributed by atoms with E-state index in [1.165, 1.54) is 5.56 Å². The molecule has 0 aliphatic carbocycles. The fourth-order valence-corrected chi connectivity index (χ4v) is 2.62. The van der Waals surface area contributed by atoms with Crippen molar-refractivity contribution in [3.63, 3.8) is 0 Å². The zero-order valence-electron chi connectivity index (χ0n) is 14.5. The molecule has 2 aromatic rings. The highest BCUT2D eigenvalue weighted by Gasteiger charge is 2.20.